The molecule has 1 aromatic carbocycles. The fourth-order valence-electron chi connectivity index (χ4n) is 2.01. The molecule has 0 aliphatic heterocycles. The fourth-order valence-corrected chi connectivity index (χ4v) is 2.27. The van der Waals surface area contributed by atoms with Crippen molar-refractivity contribution < 1.29 is 4.74 Å². The molecule has 5 nitrogen and oxygen atoms in total. The number of anilines is 1. The van der Waals surface area contributed by atoms with Crippen molar-refractivity contribution >= 4 is 23.2 Å². The van der Waals surface area contributed by atoms with Crippen molar-refractivity contribution in [2.75, 3.05) is 32.1 Å². The van der Waals surface area contributed by atoms with Gasteiger partial charge in [-0.3, -0.25) is 9.89 Å². The fraction of sp³-hybridized carbons (Fsp3) is 0.533. The summed E-state index contributed by atoms with van der Waals surface area (Å²) in [4.78, 5) is 6.66. The SMILES string of the molecule is CCN(CCN=C(N)Nc1ccc(OC)c(Cl)c1)C(C)C. The molecule has 118 valence electrons. The Morgan fingerprint density at radius 3 is 2.71 bits per heavy atom. The minimum atomic E-state index is 0.385. The van der Waals surface area contributed by atoms with Crippen LogP contribution in [0.2, 0.25) is 5.02 Å². The number of nitrogens with zero attached hydrogens (tertiary/aromatic N) is 2. The van der Waals surface area contributed by atoms with E-state index in [0.717, 1.165) is 18.8 Å². The first-order valence-corrected chi connectivity index (χ1v) is 7.50. The second kappa shape index (κ2) is 8.74. The average Bonchev–Trinajstić information content (AvgIpc) is 2.43. The molecule has 0 aliphatic carbocycles. The third kappa shape index (κ3) is 5.81. The number of aliphatic imine (C=N–C) groups is 1. The number of likely N-dealkylation sites (N-methyl/N-ethyl adjacent to an activating group) is 1. The second-order valence-corrected chi connectivity index (χ2v) is 5.37. The van der Waals surface area contributed by atoms with Gasteiger partial charge in [-0.2, -0.15) is 0 Å². The van der Waals surface area contributed by atoms with Crippen LogP contribution in [-0.2, 0) is 0 Å². The topological polar surface area (TPSA) is 62.9 Å². The maximum absolute atomic E-state index is 6.06. The predicted octanol–water partition coefficient (Wildman–Crippen LogP) is 2.81. The van der Waals surface area contributed by atoms with Crippen LogP contribution in [0.3, 0.4) is 0 Å². The van der Waals surface area contributed by atoms with Gasteiger partial charge in [-0.1, -0.05) is 18.5 Å². The number of ether oxygens (including phenoxy) is 1. The van der Waals surface area contributed by atoms with Crippen LogP contribution in [0.4, 0.5) is 5.69 Å². The van der Waals surface area contributed by atoms with Crippen molar-refractivity contribution in [1.82, 2.24) is 4.90 Å². The van der Waals surface area contributed by atoms with Crippen molar-refractivity contribution in [3.05, 3.63) is 23.2 Å². The summed E-state index contributed by atoms with van der Waals surface area (Å²) in [5.41, 5.74) is 6.67. The van der Waals surface area contributed by atoms with Crippen molar-refractivity contribution in [1.29, 1.82) is 0 Å². The molecule has 1 aromatic rings. The van der Waals surface area contributed by atoms with Gasteiger partial charge in [0, 0.05) is 18.3 Å². The molecule has 0 fully saturated rings. The molecule has 6 heteroatoms. The van der Waals surface area contributed by atoms with E-state index in [1.165, 1.54) is 0 Å². The van der Waals surface area contributed by atoms with Gasteiger partial charge in [0.15, 0.2) is 5.96 Å². The molecule has 0 bridgehead atoms. The Morgan fingerprint density at radius 1 is 1.48 bits per heavy atom. The van der Waals surface area contributed by atoms with E-state index in [4.69, 9.17) is 22.1 Å². The summed E-state index contributed by atoms with van der Waals surface area (Å²) < 4.78 is 5.10. The second-order valence-electron chi connectivity index (χ2n) is 4.96. The van der Waals surface area contributed by atoms with E-state index in [0.29, 0.717) is 29.3 Å². The standard InChI is InChI=1S/C15H25ClN4O/c1-5-20(11(2)3)9-8-18-15(17)19-12-6-7-14(21-4)13(16)10-12/h6-7,10-11H,5,8-9H2,1-4H3,(H3,17,18,19). The molecule has 0 aromatic heterocycles. The number of guanidine groups is 1. The number of halogens is 1. The maximum atomic E-state index is 6.06. The molecule has 0 unspecified atom stereocenters. The van der Waals surface area contributed by atoms with Crippen LogP contribution in [0.25, 0.3) is 0 Å². The van der Waals surface area contributed by atoms with E-state index in [1.807, 2.05) is 6.07 Å². The molecule has 21 heavy (non-hydrogen) atoms. The highest BCUT2D eigenvalue weighted by atomic mass is 35.5. The van der Waals surface area contributed by atoms with E-state index < -0.39 is 0 Å². The van der Waals surface area contributed by atoms with Gasteiger partial charge >= 0.3 is 0 Å². The molecule has 0 aliphatic rings. The Bertz CT molecular complexity index is 477. The van der Waals surface area contributed by atoms with Gasteiger partial charge in [0.25, 0.3) is 0 Å². The Hall–Kier alpha value is -1.46. The molecule has 0 spiro atoms. The third-order valence-corrected chi connectivity index (χ3v) is 3.53. The van der Waals surface area contributed by atoms with Gasteiger partial charge in [-0.15, -0.1) is 0 Å². The van der Waals surface area contributed by atoms with Crippen LogP contribution in [0.1, 0.15) is 20.8 Å². The Balaban J connectivity index is 2.54. The van der Waals surface area contributed by atoms with E-state index >= 15 is 0 Å². The molecule has 1 rings (SSSR count). The summed E-state index contributed by atoms with van der Waals surface area (Å²) in [6.07, 6.45) is 0. The van der Waals surface area contributed by atoms with Crippen molar-refractivity contribution in [2.24, 2.45) is 10.7 Å². The first-order chi connectivity index (χ1) is 9.97. The molecule has 0 saturated carbocycles. The maximum Gasteiger partial charge on any atom is 0.193 e. The summed E-state index contributed by atoms with van der Waals surface area (Å²) in [6, 6.07) is 5.91. The number of hydrogen-bond donors (Lipinski definition) is 2. The normalized spacial score (nSPS) is 12.0. The monoisotopic (exact) mass is 312 g/mol. The van der Waals surface area contributed by atoms with Crippen LogP contribution in [-0.4, -0.2) is 43.6 Å². The lowest BCUT2D eigenvalue weighted by Gasteiger charge is -2.23. The summed E-state index contributed by atoms with van der Waals surface area (Å²) in [7, 11) is 1.58. The largest absolute Gasteiger partial charge is 0.495 e. The smallest absolute Gasteiger partial charge is 0.193 e. The lowest BCUT2D eigenvalue weighted by atomic mass is 10.3. The molecule has 0 saturated heterocycles. The van der Waals surface area contributed by atoms with Gasteiger partial charge in [0.1, 0.15) is 5.75 Å². The summed E-state index contributed by atoms with van der Waals surface area (Å²) >= 11 is 6.06. The highest BCUT2D eigenvalue weighted by Crippen LogP contribution is 2.26. The van der Waals surface area contributed by atoms with Gasteiger partial charge in [-0.25, -0.2) is 0 Å². The van der Waals surface area contributed by atoms with E-state index in [2.05, 4.69) is 36.0 Å². The molecule has 0 amide bonds. The number of nitrogens with two attached hydrogens (primary N) is 1. The molecule has 0 heterocycles. The number of nitrogens with one attached hydrogen (secondary N) is 1. The number of methoxy groups -OCH3 is 1. The Kier molecular flexibility index (Phi) is 7.32. The first-order valence-electron chi connectivity index (χ1n) is 7.12. The van der Waals surface area contributed by atoms with Crippen LogP contribution >= 0.6 is 11.6 Å². The average molecular weight is 313 g/mol. The van der Waals surface area contributed by atoms with Crippen LogP contribution in [0, 0.1) is 0 Å². The minimum absolute atomic E-state index is 0.385. The number of hydrogen-bond acceptors (Lipinski definition) is 3. The lowest BCUT2D eigenvalue weighted by molar-refractivity contribution is 0.241. The Morgan fingerprint density at radius 2 is 2.19 bits per heavy atom. The van der Waals surface area contributed by atoms with E-state index in [-0.39, 0.29) is 0 Å². The molecule has 0 radical (unpaired) electrons. The van der Waals surface area contributed by atoms with Gasteiger partial charge in [-0.05, 0) is 38.6 Å². The Labute approximate surface area is 132 Å². The number of rotatable bonds is 7. The van der Waals surface area contributed by atoms with Crippen molar-refractivity contribution in [3.8, 4) is 5.75 Å². The van der Waals surface area contributed by atoms with Crippen LogP contribution in [0.15, 0.2) is 23.2 Å². The summed E-state index contributed by atoms with van der Waals surface area (Å²) in [5, 5.41) is 3.56. The number of benzene rings is 1. The molecular formula is C15H25ClN4O. The molecule has 0 atom stereocenters. The first kappa shape index (κ1) is 17.6. The highest BCUT2D eigenvalue weighted by Gasteiger charge is 2.06. The molecule has 3 N–H and O–H groups in total. The van der Waals surface area contributed by atoms with Crippen LogP contribution in [0.5, 0.6) is 5.75 Å². The third-order valence-electron chi connectivity index (χ3n) is 3.23. The zero-order valence-electron chi connectivity index (χ0n) is 13.2. The van der Waals surface area contributed by atoms with Crippen molar-refractivity contribution in [3.63, 3.8) is 0 Å². The summed E-state index contributed by atoms with van der Waals surface area (Å²) in [5.74, 6) is 1.02. The quantitative estimate of drug-likeness (QED) is 0.600. The lowest BCUT2D eigenvalue weighted by Crippen LogP contribution is -2.33. The van der Waals surface area contributed by atoms with Crippen molar-refractivity contribution in [2.45, 2.75) is 26.8 Å². The zero-order chi connectivity index (χ0) is 15.8. The van der Waals surface area contributed by atoms with Gasteiger partial charge in [0.2, 0.25) is 0 Å². The summed E-state index contributed by atoms with van der Waals surface area (Å²) in [6.45, 7) is 9.05. The predicted molar refractivity (Wildman–Crippen MR) is 90.5 cm³/mol. The van der Waals surface area contributed by atoms with Gasteiger partial charge in [0.05, 0.1) is 18.7 Å². The van der Waals surface area contributed by atoms with Crippen LogP contribution < -0.4 is 15.8 Å². The van der Waals surface area contributed by atoms with Gasteiger partial charge < -0.3 is 15.8 Å². The van der Waals surface area contributed by atoms with E-state index in [1.54, 1.807) is 19.2 Å². The zero-order valence-corrected chi connectivity index (χ0v) is 13.9. The van der Waals surface area contributed by atoms with E-state index in [9.17, 15) is 0 Å². The minimum Gasteiger partial charge on any atom is -0.495 e. The highest BCUT2D eigenvalue weighted by molar-refractivity contribution is 6.32. The molecular weight excluding hydrogens is 288 g/mol.